The Morgan fingerprint density at radius 1 is 1.30 bits per heavy atom. The second-order valence-electron chi connectivity index (χ2n) is 5.97. The lowest BCUT2D eigenvalue weighted by Crippen LogP contribution is -2.52. The van der Waals surface area contributed by atoms with Crippen LogP contribution < -0.4 is 11.1 Å². The standard InChI is InChI=1S/C16H22N4O.2ClH/c1-12-18-13-6-2-3-7-14(13)20(12)10-15(21)19-16(11-17)8-4-5-9-16;;/h2-3,6-7H,4-5,8-11,17H2,1H3,(H,19,21);2*1H. The number of aromatic nitrogens is 2. The Bertz CT molecular complexity index is 665. The summed E-state index contributed by atoms with van der Waals surface area (Å²) in [4.78, 5) is 16.9. The van der Waals surface area contributed by atoms with E-state index in [0.29, 0.717) is 13.1 Å². The normalized spacial score (nSPS) is 15.7. The van der Waals surface area contributed by atoms with Gasteiger partial charge in [-0.3, -0.25) is 4.79 Å². The van der Waals surface area contributed by atoms with Crippen molar-refractivity contribution in [3.8, 4) is 0 Å². The maximum absolute atomic E-state index is 12.4. The van der Waals surface area contributed by atoms with Crippen LogP contribution in [0.3, 0.4) is 0 Å². The Morgan fingerprint density at radius 2 is 1.96 bits per heavy atom. The summed E-state index contributed by atoms with van der Waals surface area (Å²) in [7, 11) is 0. The van der Waals surface area contributed by atoms with Gasteiger partial charge in [0, 0.05) is 6.54 Å². The average molecular weight is 359 g/mol. The molecule has 128 valence electrons. The summed E-state index contributed by atoms with van der Waals surface area (Å²) >= 11 is 0. The number of halogens is 2. The third-order valence-corrected chi connectivity index (χ3v) is 4.50. The molecule has 2 aromatic rings. The molecular weight excluding hydrogens is 335 g/mol. The molecule has 0 atom stereocenters. The van der Waals surface area contributed by atoms with Crippen LogP contribution in [0.2, 0.25) is 0 Å². The van der Waals surface area contributed by atoms with Gasteiger partial charge in [-0.2, -0.15) is 0 Å². The number of aryl methyl sites for hydroxylation is 1. The highest BCUT2D eigenvalue weighted by Crippen LogP contribution is 2.28. The number of hydrogen-bond acceptors (Lipinski definition) is 3. The van der Waals surface area contributed by atoms with Crippen LogP contribution in [0, 0.1) is 6.92 Å². The topological polar surface area (TPSA) is 72.9 Å². The maximum atomic E-state index is 12.4. The van der Waals surface area contributed by atoms with Gasteiger partial charge < -0.3 is 15.6 Å². The van der Waals surface area contributed by atoms with Gasteiger partial charge in [0.15, 0.2) is 0 Å². The molecule has 1 amide bonds. The lowest BCUT2D eigenvalue weighted by molar-refractivity contribution is -0.123. The predicted octanol–water partition coefficient (Wildman–Crippen LogP) is 2.58. The van der Waals surface area contributed by atoms with Gasteiger partial charge in [0.2, 0.25) is 5.91 Å². The van der Waals surface area contributed by atoms with Crippen molar-refractivity contribution in [3.63, 3.8) is 0 Å². The zero-order valence-corrected chi connectivity index (χ0v) is 14.9. The van der Waals surface area contributed by atoms with E-state index >= 15 is 0 Å². The largest absolute Gasteiger partial charge is 0.348 e. The Morgan fingerprint density at radius 3 is 2.61 bits per heavy atom. The van der Waals surface area contributed by atoms with Gasteiger partial charge in [0.05, 0.1) is 16.6 Å². The number of fused-ring (bicyclic) bond motifs is 1. The summed E-state index contributed by atoms with van der Waals surface area (Å²) in [6, 6.07) is 7.89. The highest BCUT2D eigenvalue weighted by Gasteiger charge is 2.33. The number of nitrogens with two attached hydrogens (primary N) is 1. The van der Waals surface area contributed by atoms with Crippen LogP contribution in [0.25, 0.3) is 11.0 Å². The van der Waals surface area contributed by atoms with Crippen molar-refractivity contribution < 1.29 is 4.79 Å². The number of imidazole rings is 1. The fourth-order valence-corrected chi connectivity index (χ4v) is 3.31. The molecular formula is C16H24Cl2N4O. The van der Waals surface area contributed by atoms with Crippen molar-refractivity contribution in [1.82, 2.24) is 14.9 Å². The minimum absolute atomic E-state index is 0. The molecule has 1 aromatic carbocycles. The van der Waals surface area contributed by atoms with E-state index in [4.69, 9.17) is 5.73 Å². The fourth-order valence-electron chi connectivity index (χ4n) is 3.31. The zero-order valence-electron chi connectivity index (χ0n) is 13.2. The minimum atomic E-state index is -0.193. The van der Waals surface area contributed by atoms with E-state index in [9.17, 15) is 4.79 Å². The number of benzene rings is 1. The number of carbonyl (C=O) groups excluding carboxylic acids is 1. The minimum Gasteiger partial charge on any atom is -0.348 e. The SMILES string of the molecule is Cc1nc2ccccc2n1CC(=O)NC1(CN)CCCC1.Cl.Cl. The molecule has 7 heteroatoms. The summed E-state index contributed by atoms with van der Waals surface area (Å²) in [5, 5.41) is 3.16. The Balaban J connectivity index is 0.00000132. The van der Waals surface area contributed by atoms with Gasteiger partial charge in [0.1, 0.15) is 12.4 Å². The molecule has 0 bridgehead atoms. The van der Waals surface area contributed by atoms with Gasteiger partial charge in [-0.1, -0.05) is 25.0 Å². The second kappa shape index (κ2) is 7.99. The molecule has 3 rings (SSSR count). The van der Waals surface area contributed by atoms with E-state index in [1.54, 1.807) is 0 Å². The van der Waals surface area contributed by atoms with Crippen LogP contribution >= 0.6 is 24.8 Å². The van der Waals surface area contributed by atoms with Gasteiger partial charge in [-0.25, -0.2) is 4.98 Å². The molecule has 1 heterocycles. The summed E-state index contributed by atoms with van der Waals surface area (Å²) in [5.74, 6) is 0.883. The molecule has 5 nitrogen and oxygen atoms in total. The summed E-state index contributed by atoms with van der Waals surface area (Å²) in [6.07, 6.45) is 4.26. The first kappa shape index (κ1) is 19.7. The van der Waals surface area contributed by atoms with Crippen LogP contribution in [-0.2, 0) is 11.3 Å². The third kappa shape index (κ3) is 3.97. The van der Waals surface area contributed by atoms with Gasteiger partial charge >= 0.3 is 0 Å². The quantitative estimate of drug-likeness (QED) is 0.881. The molecule has 1 aromatic heterocycles. The molecule has 1 aliphatic rings. The molecule has 0 unspecified atom stereocenters. The first-order valence-electron chi connectivity index (χ1n) is 7.56. The number of nitrogens with zero attached hydrogens (tertiary/aromatic N) is 2. The summed E-state index contributed by atoms with van der Waals surface area (Å²) in [6.45, 7) is 2.75. The number of amides is 1. The van der Waals surface area contributed by atoms with E-state index in [1.807, 2.05) is 35.8 Å². The van der Waals surface area contributed by atoms with Crippen LogP contribution in [0.15, 0.2) is 24.3 Å². The number of nitrogens with one attached hydrogen (secondary N) is 1. The van der Waals surface area contributed by atoms with E-state index in [2.05, 4.69) is 10.3 Å². The molecule has 3 N–H and O–H groups in total. The van der Waals surface area contributed by atoms with Crippen molar-refractivity contribution >= 4 is 41.8 Å². The number of hydrogen-bond donors (Lipinski definition) is 2. The average Bonchev–Trinajstić information content (AvgIpc) is 3.05. The molecule has 0 aliphatic heterocycles. The van der Waals surface area contributed by atoms with Gasteiger partial charge in [0.25, 0.3) is 0 Å². The van der Waals surface area contributed by atoms with E-state index in [1.165, 1.54) is 0 Å². The lowest BCUT2D eigenvalue weighted by atomic mass is 9.98. The van der Waals surface area contributed by atoms with E-state index < -0.39 is 0 Å². The Hall–Kier alpha value is -1.30. The maximum Gasteiger partial charge on any atom is 0.240 e. The Labute approximate surface area is 148 Å². The second-order valence-corrected chi connectivity index (χ2v) is 5.97. The molecule has 0 saturated heterocycles. The first-order chi connectivity index (χ1) is 10.1. The molecule has 0 spiro atoms. The molecule has 1 saturated carbocycles. The van der Waals surface area contributed by atoms with Crippen LogP contribution in [-0.4, -0.2) is 27.5 Å². The predicted molar refractivity (Wildman–Crippen MR) is 97.4 cm³/mol. The molecule has 0 radical (unpaired) electrons. The highest BCUT2D eigenvalue weighted by atomic mass is 35.5. The smallest absolute Gasteiger partial charge is 0.240 e. The fraction of sp³-hybridized carbons (Fsp3) is 0.500. The molecule has 1 fully saturated rings. The van der Waals surface area contributed by atoms with Crippen molar-refractivity contribution in [2.24, 2.45) is 5.73 Å². The van der Waals surface area contributed by atoms with Crippen molar-refractivity contribution in [3.05, 3.63) is 30.1 Å². The number of rotatable bonds is 4. The van der Waals surface area contributed by atoms with Gasteiger partial charge in [-0.05, 0) is 31.9 Å². The molecule has 1 aliphatic carbocycles. The highest BCUT2D eigenvalue weighted by molar-refractivity contribution is 5.85. The lowest BCUT2D eigenvalue weighted by Gasteiger charge is -2.28. The third-order valence-electron chi connectivity index (χ3n) is 4.50. The zero-order chi connectivity index (χ0) is 14.9. The summed E-state index contributed by atoms with van der Waals surface area (Å²) < 4.78 is 1.96. The summed E-state index contributed by atoms with van der Waals surface area (Å²) in [5.41, 5.74) is 7.61. The van der Waals surface area contributed by atoms with Crippen molar-refractivity contribution in [2.45, 2.75) is 44.7 Å². The van der Waals surface area contributed by atoms with Gasteiger partial charge in [-0.15, -0.1) is 24.8 Å². The molecule has 23 heavy (non-hydrogen) atoms. The van der Waals surface area contributed by atoms with Crippen molar-refractivity contribution in [2.75, 3.05) is 6.54 Å². The van der Waals surface area contributed by atoms with E-state index in [-0.39, 0.29) is 36.3 Å². The van der Waals surface area contributed by atoms with E-state index in [0.717, 1.165) is 42.5 Å². The van der Waals surface area contributed by atoms with Crippen LogP contribution in [0.4, 0.5) is 0 Å². The monoisotopic (exact) mass is 358 g/mol. The van der Waals surface area contributed by atoms with Crippen LogP contribution in [0.1, 0.15) is 31.5 Å². The van der Waals surface area contributed by atoms with Crippen molar-refractivity contribution in [1.29, 1.82) is 0 Å². The van der Waals surface area contributed by atoms with Crippen LogP contribution in [0.5, 0.6) is 0 Å². The first-order valence-corrected chi connectivity index (χ1v) is 7.56. The Kier molecular flexibility index (Phi) is 6.86. The number of carbonyl (C=O) groups is 1. The number of para-hydroxylation sites is 2.